The lowest BCUT2D eigenvalue weighted by Crippen LogP contribution is -2.36. The molecule has 0 radical (unpaired) electrons. The molecule has 0 atom stereocenters. The van der Waals surface area contributed by atoms with Gasteiger partial charge in [-0.25, -0.2) is 4.79 Å². The Hall–Kier alpha value is -1.59. The van der Waals surface area contributed by atoms with Gasteiger partial charge in [0.25, 0.3) is 0 Å². The van der Waals surface area contributed by atoms with Gasteiger partial charge in [-0.05, 0) is 19.8 Å². The van der Waals surface area contributed by atoms with Crippen molar-refractivity contribution in [3.05, 3.63) is 0 Å². The van der Waals surface area contributed by atoms with Crippen LogP contribution in [0.25, 0.3) is 0 Å². The second-order valence-corrected chi connectivity index (χ2v) is 3.84. The molecule has 2 amide bonds. The highest BCUT2D eigenvalue weighted by atomic mass is 16.4. The molecule has 0 saturated carbocycles. The van der Waals surface area contributed by atoms with Crippen LogP contribution < -0.4 is 10.6 Å². The summed E-state index contributed by atoms with van der Waals surface area (Å²) in [6.07, 6.45) is 2.67. The van der Waals surface area contributed by atoms with Gasteiger partial charge in [0, 0.05) is 25.9 Å². The van der Waals surface area contributed by atoms with Gasteiger partial charge in [0.1, 0.15) is 5.78 Å². The summed E-state index contributed by atoms with van der Waals surface area (Å²) in [5.74, 6) is -0.751. The van der Waals surface area contributed by atoms with Crippen LogP contribution in [-0.2, 0) is 9.59 Å². The van der Waals surface area contributed by atoms with Crippen molar-refractivity contribution in [2.45, 2.75) is 39.0 Å². The highest BCUT2D eigenvalue weighted by molar-refractivity contribution is 5.77. The average Bonchev–Trinajstić information content (AvgIpc) is 2.22. The van der Waals surface area contributed by atoms with Gasteiger partial charge in [0.2, 0.25) is 0 Å². The maximum absolute atomic E-state index is 11.1. The Balaban J connectivity index is 3.27. The minimum atomic E-state index is -0.792. The van der Waals surface area contributed by atoms with Crippen molar-refractivity contribution in [1.29, 1.82) is 0 Å². The van der Waals surface area contributed by atoms with Crippen molar-refractivity contribution >= 4 is 17.8 Å². The zero-order valence-corrected chi connectivity index (χ0v) is 10.1. The first-order chi connectivity index (χ1) is 8.02. The van der Waals surface area contributed by atoms with Crippen LogP contribution >= 0.6 is 0 Å². The molecule has 98 valence electrons. The van der Waals surface area contributed by atoms with Gasteiger partial charge in [-0.1, -0.05) is 6.42 Å². The van der Waals surface area contributed by atoms with Crippen LogP contribution in [-0.4, -0.2) is 36.0 Å². The Morgan fingerprint density at radius 1 is 0.941 bits per heavy atom. The average molecular weight is 244 g/mol. The third-order valence-corrected chi connectivity index (χ3v) is 2.12. The number of carbonyl (C=O) groups excluding carboxylic acids is 2. The second-order valence-electron chi connectivity index (χ2n) is 3.84. The smallest absolute Gasteiger partial charge is 0.314 e. The van der Waals surface area contributed by atoms with Crippen molar-refractivity contribution < 1.29 is 19.5 Å². The summed E-state index contributed by atoms with van der Waals surface area (Å²) in [5, 5.41) is 13.6. The number of amides is 2. The van der Waals surface area contributed by atoms with Crippen molar-refractivity contribution in [2.24, 2.45) is 0 Å². The molecule has 17 heavy (non-hydrogen) atoms. The maximum atomic E-state index is 11.1. The number of hydrogen-bond acceptors (Lipinski definition) is 3. The molecule has 0 unspecified atom stereocenters. The number of aliphatic carboxylic acids is 1. The molecule has 3 N–H and O–H groups in total. The summed E-state index contributed by atoms with van der Waals surface area (Å²) in [7, 11) is 0. The fourth-order valence-corrected chi connectivity index (χ4v) is 1.19. The third kappa shape index (κ3) is 12.3. The monoisotopic (exact) mass is 244 g/mol. The zero-order valence-electron chi connectivity index (χ0n) is 10.1. The number of ketones is 1. The molecule has 0 aromatic heterocycles. The molecule has 0 aromatic carbocycles. The molecule has 6 heteroatoms. The molecule has 0 rings (SSSR count). The molecular formula is C11H20N2O4. The molecule has 0 fully saturated rings. The maximum Gasteiger partial charge on any atom is 0.314 e. The van der Waals surface area contributed by atoms with Crippen molar-refractivity contribution in [1.82, 2.24) is 10.6 Å². The van der Waals surface area contributed by atoms with Crippen LogP contribution in [0.15, 0.2) is 0 Å². The second kappa shape index (κ2) is 9.62. The molecule has 0 aliphatic carbocycles. The summed E-state index contributed by atoms with van der Waals surface area (Å²) in [4.78, 5) is 31.9. The first-order valence-corrected chi connectivity index (χ1v) is 5.75. The quantitative estimate of drug-likeness (QED) is 0.525. The highest BCUT2D eigenvalue weighted by Crippen LogP contribution is 1.98. The Bertz CT molecular complexity index is 266. The van der Waals surface area contributed by atoms with E-state index in [2.05, 4.69) is 10.6 Å². The van der Waals surface area contributed by atoms with E-state index < -0.39 is 5.97 Å². The molecule has 6 nitrogen and oxygen atoms in total. The number of carbonyl (C=O) groups is 3. The van der Waals surface area contributed by atoms with Gasteiger partial charge in [-0.15, -0.1) is 0 Å². The largest absolute Gasteiger partial charge is 0.481 e. The van der Waals surface area contributed by atoms with Gasteiger partial charge in [-0.3, -0.25) is 9.59 Å². The minimum absolute atomic E-state index is 0.0407. The fraction of sp³-hybridized carbons (Fsp3) is 0.727. The van der Waals surface area contributed by atoms with E-state index >= 15 is 0 Å². The Kier molecular flexibility index (Phi) is 8.72. The van der Waals surface area contributed by atoms with Gasteiger partial charge in [-0.2, -0.15) is 0 Å². The lowest BCUT2D eigenvalue weighted by atomic mass is 10.2. The highest BCUT2D eigenvalue weighted by Gasteiger charge is 2.00. The third-order valence-electron chi connectivity index (χ3n) is 2.12. The zero-order chi connectivity index (χ0) is 13.1. The molecule has 0 aromatic rings. The molecule has 0 aliphatic rings. The normalized spacial score (nSPS) is 9.71. The number of urea groups is 1. The lowest BCUT2D eigenvalue weighted by Gasteiger charge is -2.06. The number of nitrogens with one attached hydrogen (secondary N) is 2. The SMILES string of the molecule is CC(=O)CCNC(=O)NCCCCCC(=O)O. The number of Topliss-reactive ketones (excluding diaryl/α,β-unsaturated/α-hetero) is 1. The van der Waals surface area contributed by atoms with Crippen LogP contribution in [0.5, 0.6) is 0 Å². The van der Waals surface area contributed by atoms with E-state index in [1.807, 2.05) is 0 Å². The molecule has 0 spiro atoms. The number of carboxylic acids is 1. The number of hydrogen-bond donors (Lipinski definition) is 3. The van der Waals surface area contributed by atoms with Crippen LogP contribution in [0, 0.1) is 0 Å². The Morgan fingerprint density at radius 3 is 2.18 bits per heavy atom. The van der Waals surface area contributed by atoms with E-state index in [4.69, 9.17) is 5.11 Å². The predicted molar refractivity (Wildman–Crippen MR) is 62.8 cm³/mol. The van der Waals surface area contributed by atoms with Crippen molar-refractivity contribution in [3.8, 4) is 0 Å². The number of unbranched alkanes of at least 4 members (excludes halogenated alkanes) is 2. The Morgan fingerprint density at radius 2 is 1.59 bits per heavy atom. The lowest BCUT2D eigenvalue weighted by molar-refractivity contribution is -0.137. The molecular weight excluding hydrogens is 224 g/mol. The number of carboxylic acid groups (broad SMARTS) is 1. The van der Waals surface area contributed by atoms with Gasteiger partial charge >= 0.3 is 12.0 Å². The van der Waals surface area contributed by atoms with E-state index in [1.54, 1.807) is 0 Å². The van der Waals surface area contributed by atoms with Crippen molar-refractivity contribution in [3.63, 3.8) is 0 Å². The van der Waals surface area contributed by atoms with E-state index in [-0.39, 0.29) is 18.2 Å². The van der Waals surface area contributed by atoms with E-state index in [0.29, 0.717) is 25.9 Å². The van der Waals surface area contributed by atoms with E-state index in [1.165, 1.54) is 6.92 Å². The minimum Gasteiger partial charge on any atom is -0.481 e. The van der Waals surface area contributed by atoms with Crippen molar-refractivity contribution in [2.75, 3.05) is 13.1 Å². The first kappa shape index (κ1) is 15.4. The van der Waals surface area contributed by atoms with Gasteiger partial charge < -0.3 is 15.7 Å². The van der Waals surface area contributed by atoms with E-state index in [9.17, 15) is 14.4 Å². The standard InChI is InChI=1S/C11H20N2O4/c1-9(14)6-8-13-11(17)12-7-4-2-3-5-10(15)16/h2-8H2,1H3,(H,15,16)(H2,12,13,17). The summed E-state index contributed by atoms with van der Waals surface area (Å²) in [6, 6.07) is -0.288. The summed E-state index contributed by atoms with van der Waals surface area (Å²) >= 11 is 0. The van der Waals surface area contributed by atoms with Crippen LogP contribution in [0.4, 0.5) is 4.79 Å². The first-order valence-electron chi connectivity index (χ1n) is 5.75. The van der Waals surface area contributed by atoms with Crippen LogP contribution in [0.2, 0.25) is 0 Å². The van der Waals surface area contributed by atoms with Crippen LogP contribution in [0.1, 0.15) is 39.0 Å². The van der Waals surface area contributed by atoms with Gasteiger partial charge in [0.15, 0.2) is 0 Å². The topological polar surface area (TPSA) is 95.5 Å². The fourth-order valence-electron chi connectivity index (χ4n) is 1.19. The molecule has 0 heterocycles. The summed E-state index contributed by atoms with van der Waals surface area (Å²) in [5.41, 5.74) is 0. The molecule has 0 saturated heterocycles. The molecule has 0 aliphatic heterocycles. The Labute approximate surface area is 101 Å². The molecule has 0 bridgehead atoms. The predicted octanol–water partition coefficient (Wildman–Crippen LogP) is 0.910. The summed E-state index contributed by atoms with van der Waals surface area (Å²) in [6.45, 7) is 2.34. The number of rotatable bonds is 9. The van der Waals surface area contributed by atoms with Crippen LogP contribution in [0.3, 0.4) is 0 Å². The summed E-state index contributed by atoms with van der Waals surface area (Å²) < 4.78 is 0. The van der Waals surface area contributed by atoms with Gasteiger partial charge in [0.05, 0.1) is 0 Å². The van der Waals surface area contributed by atoms with E-state index in [0.717, 1.165) is 12.8 Å².